The highest BCUT2D eigenvalue weighted by molar-refractivity contribution is 6.30. The van der Waals surface area contributed by atoms with Crippen LogP contribution in [0.4, 0.5) is 4.79 Å². The van der Waals surface area contributed by atoms with Gasteiger partial charge in [0.05, 0.1) is 6.04 Å². The maximum absolute atomic E-state index is 10.5. The molecule has 1 rings (SSSR count). The van der Waals surface area contributed by atoms with Gasteiger partial charge in [-0.2, -0.15) is 0 Å². The topological polar surface area (TPSA) is 55.1 Å². The van der Waals surface area contributed by atoms with Gasteiger partial charge in [0.25, 0.3) is 0 Å². The number of nitrogens with one attached hydrogen (secondary N) is 1. The summed E-state index contributed by atoms with van der Waals surface area (Å²) in [6.45, 7) is 1.84. The molecule has 0 aromatic heterocycles. The molecular weight excluding hydrogens is 188 g/mol. The first kappa shape index (κ1) is 9.86. The molecule has 1 aromatic rings. The Morgan fingerprint density at radius 1 is 1.62 bits per heavy atom. The first-order valence-electron chi connectivity index (χ1n) is 3.91. The Hall–Kier alpha value is -1.22. The van der Waals surface area contributed by atoms with Gasteiger partial charge in [-0.15, -0.1) is 0 Å². The average Bonchev–Trinajstić information content (AvgIpc) is 2.03. The number of amides is 2. The maximum atomic E-state index is 10.5. The number of carbonyl (C=O) groups is 1. The third-order valence-electron chi connectivity index (χ3n) is 1.71. The molecule has 0 aliphatic rings. The molecule has 3 N–H and O–H groups in total. The van der Waals surface area contributed by atoms with E-state index in [0.717, 1.165) is 5.56 Å². The fraction of sp³-hybridized carbons (Fsp3) is 0.222. The van der Waals surface area contributed by atoms with Crippen LogP contribution in [0.15, 0.2) is 24.3 Å². The van der Waals surface area contributed by atoms with Crippen LogP contribution in [0.3, 0.4) is 0 Å². The highest BCUT2D eigenvalue weighted by Crippen LogP contribution is 2.16. The second kappa shape index (κ2) is 4.14. The zero-order valence-electron chi connectivity index (χ0n) is 7.25. The summed E-state index contributed by atoms with van der Waals surface area (Å²) < 4.78 is 0. The van der Waals surface area contributed by atoms with E-state index in [9.17, 15) is 4.79 Å². The monoisotopic (exact) mass is 198 g/mol. The van der Waals surface area contributed by atoms with Gasteiger partial charge in [0.2, 0.25) is 0 Å². The molecule has 0 unspecified atom stereocenters. The van der Waals surface area contributed by atoms with Crippen molar-refractivity contribution in [3.8, 4) is 0 Å². The van der Waals surface area contributed by atoms with E-state index in [1.807, 2.05) is 19.1 Å². The fourth-order valence-corrected chi connectivity index (χ4v) is 1.27. The van der Waals surface area contributed by atoms with Crippen molar-refractivity contribution in [2.45, 2.75) is 13.0 Å². The zero-order valence-corrected chi connectivity index (χ0v) is 8.01. The van der Waals surface area contributed by atoms with Gasteiger partial charge in [0.15, 0.2) is 0 Å². The van der Waals surface area contributed by atoms with Crippen molar-refractivity contribution in [2.24, 2.45) is 5.73 Å². The van der Waals surface area contributed by atoms with Crippen LogP contribution in [0.1, 0.15) is 18.5 Å². The summed E-state index contributed by atoms with van der Waals surface area (Å²) in [7, 11) is 0. The summed E-state index contributed by atoms with van der Waals surface area (Å²) in [6.07, 6.45) is 0. The van der Waals surface area contributed by atoms with E-state index in [2.05, 4.69) is 5.32 Å². The molecule has 1 atom stereocenters. The summed E-state index contributed by atoms with van der Waals surface area (Å²) in [6, 6.07) is 6.64. The Labute approximate surface area is 81.9 Å². The van der Waals surface area contributed by atoms with Crippen LogP contribution in [0.2, 0.25) is 5.02 Å². The lowest BCUT2D eigenvalue weighted by atomic mass is 10.1. The van der Waals surface area contributed by atoms with E-state index in [-0.39, 0.29) is 6.04 Å². The molecule has 0 aliphatic carbocycles. The first-order chi connectivity index (χ1) is 6.09. The van der Waals surface area contributed by atoms with Crippen LogP contribution >= 0.6 is 11.6 Å². The Balaban J connectivity index is 2.76. The molecule has 3 nitrogen and oxygen atoms in total. The van der Waals surface area contributed by atoms with E-state index >= 15 is 0 Å². The van der Waals surface area contributed by atoms with E-state index in [1.165, 1.54) is 0 Å². The Morgan fingerprint density at radius 3 is 2.85 bits per heavy atom. The molecule has 0 bridgehead atoms. The molecule has 0 radical (unpaired) electrons. The number of nitrogens with two attached hydrogens (primary N) is 1. The van der Waals surface area contributed by atoms with Crippen LogP contribution in [-0.4, -0.2) is 6.03 Å². The minimum atomic E-state index is -0.535. The number of rotatable bonds is 2. The predicted molar refractivity (Wildman–Crippen MR) is 52.6 cm³/mol. The summed E-state index contributed by atoms with van der Waals surface area (Å²) in [4.78, 5) is 10.5. The van der Waals surface area contributed by atoms with Gasteiger partial charge in [-0.25, -0.2) is 4.79 Å². The van der Waals surface area contributed by atoms with Crippen LogP contribution < -0.4 is 11.1 Å². The summed E-state index contributed by atoms with van der Waals surface area (Å²) in [5.74, 6) is 0. The molecule has 0 saturated carbocycles. The van der Waals surface area contributed by atoms with Gasteiger partial charge in [-0.05, 0) is 24.6 Å². The number of urea groups is 1. The molecule has 4 heteroatoms. The Morgan fingerprint density at radius 2 is 2.31 bits per heavy atom. The average molecular weight is 199 g/mol. The molecule has 0 fully saturated rings. The largest absolute Gasteiger partial charge is 0.352 e. The summed E-state index contributed by atoms with van der Waals surface area (Å²) >= 11 is 5.78. The SMILES string of the molecule is C[C@@H](NC(N)=O)c1cccc(Cl)c1. The minimum absolute atomic E-state index is 0.115. The summed E-state index contributed by atoms with van der Waals surface area (Å²) in [5.41, 5.74) is 5.92. The molecule has 1 aromatic carbocycles. The van der Waals surface area contributed by atoms with Gasteiger partial charge >= 0.3 is 6.03 Å². The van der Waals surface area contributed by atoms with Crippen molar-refractivity contribution in [1.82, 2.24) is 5.32 Å². The van der Waals surface area contributed by atoms with Gasteiger partial charge in [0.1, 0.15) is 0 Å². The van der Waals surface area contributed by atoms with Gasteiger partial charge in [0, 0.05) is 5.02 Å². The molecular formula is C9H11ClN2O. The molecule has 0 saturated heterocycles. The lowest BCUT2D eigenvalue weighted by molar-refractivity contribution is 0.246. The van der Waals surface area contributed by atoms with Crippen LogP contribution in [0.5, 0.6) is 0 Å². The molecule has 2 amide bonds. The van der Waals surface area contributed by atoms with Crippen LogP contribution in [0, 0.1) is 0 Å². The smallest absolute Gasteiger partial charge is 0.312 e. The second-order valence-corrected chi connectivity index (χ2v) is 3.22. The highest BCUT2D eigenvalue weighted by Gasteiger charge is 2.06. The normalized spacial score (nSPS) is 12.2. The maximum Gasteiger partial charge on any atom is 0.312 e. The van der Waals surface area contributed by atoms with E-state index in [4.69, 9.17) is 17.3 Å². The summed E-state index contributed by atoms with van der Waals surface area (Å²) in [5, 5.41) is 3.22. The Kier molecular flexibility index (Phi) is 3.14. The number of hydrogen-bond donors (Lipinski definition) is 2. The molecule has 0 spiro atoms. The number of primary amides is 1. The van der Waals surface area contributed by atoms with E-state index in [0.29, 0.717) is 5.02 Å². The first-order valence-corrected chi connectivity index (χ1v) is 4.29. The zero-order chi connectivity index (χ0) is 9.84. The third-order valence-corrected chi connectivity index (χ3v) is 1.94. The van der Waals surface area contributed by atoms with Gasteiger partial charge in [-0.1, -0.05) is 23.7 Å². The van der Waals surface area contributed by atoms with E-state index < -0.39 is 6.03 Å². The van der Waals surface area contributed by atoms with Gasteiger partial charge in [-0.3, -0.25) is 0 Å². The molecule has 0 aliphatic heterocycles. The van der Waals surface area contributed by atoms with Crippen molar-refractivity contribution in [3.63, 3.8) is 0 Å². The number of carbonyl (C=O) groups excluding carboxylic acids is 1. The second-order valence-electron chi connectivity index (χ2n) is 2.79. The van der Waals surface area contributed by atoms with Crippen molar-refractivity contribution < 1.29 is 4.79 Å². The predicted octanol–water partition coefficient (Wildman–Crippen LogP) is 2.07. The van der Waals surface area contributed by atoms with Crippen molar-refractivity contribution in [3.05, 3.63) is 34.9 Å². The van der Waals surface area contributed by atoms with Gasteiger partial charge < -0.3 is 11.1 Å². The minimum Gasteiger partial charge on any atom is -0.352 e. The van der Waals surface area contributed by atoms with Crippen molar-refractivity contribution in [1.29, 1.82) is 0 Å². The lowest BCUT2D eigenvalue weighted by Crippen LogP contribution is -2.31. The lowest BCUT2D eigenvalue weighted by Gasteiger charge is -2.12. The highest BCUT2D eigenvalue weighted by atomic mass is 35.5. The molecule has 70 valence electrons. The quantitative estimate of drug-likeness (QED) is 0.751. The number of hydrogen-bond acceptors (Lipinski definition) is 1. The van der Waals surface area contributed by atoms with Crippen molar-refractivity contribution >= 4 is 17.6 Å². The van der Waals surface area contributed by atoms with E-state index in [1.54, 1.807) is 12.1 Å². The standard InChI is InChI=1S/C9H11ClN2O/c1-6(12-9(11)13)7-3-2-4-8(10)5-7/h2-6H,1H3,(H3,11,12,13)/t6-/m1/s1. The van der Waals surface area contributed by atoms with Crippen LogP contribution in [0.25, 0.3) is 0 Å². The molecule has 13 heavy (non-hydrogen) atoms. The number of halogens is 1. The fourth-order valence-electron chi connectivity index (χ4n) is 1.07. The van der Waals surface area contributed by atoms with Crippen LogP contribution in [-0.2, 0) is 0 Å². The van der Waals surface area contributed by atoms with Crippen molar-refractivity contribution in [2.75, 3.05) is 0 Å². The molecule has 0 heterocycles. The third kappa shape index (κ3) is 2.95. The number of benzene rings is 1. The Bertz CT molecular complexity index is 314.